The number of amides is 1. The van der Waals surface area contributed by atoms with Crippen LogP contribution < -0.4 is 4.72 Å². The zero-order valence-electron chi connectivity index (χ0n) is 18.0. The molecule has 1 unspecified atom stereocenters. The molecule has 2 aromatic heterocycles. The molecule has 0 spiro atoms. The maximum absolute atomic E-state index is 12.9. The maximum atomic E-state index is 12.9. The second kappa shape index (κ2) is 9.62. The van der Waals surface area contributed by atoms with E-state index in [2.05, 4.69) is 24.8 Å². The monoisotopic (exact) mass is 460 g/mol. The number of hydrogen-bond acceptors (Lipinski definition) is 6. The molecule has 1 atom stereocenters. The Morgan fingerprint density at radius 3 is 2.58 bits per heavy atom. The van der Waals surface area contributed by atoms with E-state index in [0.29, 0.717) is 34.8 Å². The topological polar surface area (TPSA) is 100 Å². The van der Waals surface area contributed by atoms with Crippen molar-refractivity contribution in [3.8, 4) is 0 Å². The smallest absolute Gasteiger partial charge is 0.253 e. The molecule has 2 aromatic carbocycles. The number of anilines is 1. The van der Waals surface area contributed by atoms with Crippen molar-refractivity contribution in [3.05, 3.63) is 84.3 Å². The molecule has 5 rings (SSSR count). The first kappa shape index (κ1) is 21.4. The zero-order valence-corrected chi connectivity index (χ0v) is 18.8. The van der Waals surface area contributed by atoms with E-state index in [4.69, 9.17) is 0 Å². The number of aromatic amines is 1. The molecule has 0 bridgehead atoms. The summed E-state index contributed by atoms with van der Waals surface area (Å²) in [5, 5.41) is 7.97. The van der Waals surface area contributed by atoms with Crippen LogP contribution in [-0.2, 0) is 17.9 Å². The Morgan fingerprint density at radius 1 is 1.03 bits per heavy atom. The Balaban J connectivity index is 1.19. The van der Waals surface area contributed by atoms with Gasteiger partial charge in [-0.2, -0.15) is 5.10 Å². The van der Waals surface area contributed by atoms with E-state index >= 15 is 0 Å². The zero-order chi connectivity index (χ0) is 22.6. The van der Waals surface area contributed by atoms with Crippen LogP contribution in [0.1, 0.15) is 16.1 Å². The fourth-order valence-corrected chi connectivity index (χ4v) is 4.98. The molecule has 8 nitrogen and oxygen atoms in total. The summed E-state index contributed by atoms with van der Waals surface area (Å²) in [5.74, 6) is 0.0142. The van der Waals surface area contributed by atoms with Gasteiger partial charge in [-0.15, -0.1) is 0 Å². The van der Waals surface area contributed by atoms with Crippen molar-refractivity contribution < 1.29 is 9.35 Å². The first-order valence-electron chi connectivity index (χ1n) is 10.8. The number of para-hydroxylation sites is 1. The standard InChI is InChI=1S/C24H24N6O2S/c31-24(30-15-13-29(14-16-30)17-21-10-12-26-27-21)19-6-8-20(9-7-19)28-33(32)22-5-1-3-18-4-2-11-25-23(18)22/h1-12,28H,13-17H2,(H,26,27). The minimum atomic E-state index is -1.47. The lowest BCUT2D eigenvalue weighted by Gasteiger charge is -2.34. The first-order valence-corrected chi connectivity index (χ1v) is 11.9. The number of hydrogen-bond donors (Lipinski definition) is 2. The minimum Gasteiger partial charge on any atom is -0.588 e. The molecule has 0 saturated carbocycles. The van der Waals surface area contributed by atoms with Crippen molar-refractivity contribution in [1.82, 2.24) is 25.0 Å². The highest BCUT2D eigenvalue weighted by atomic mass is 32.2. The molecule has 168 valence electrons. The summed E-state index contributed by atoms with van der Waals surface area (Å²) < 4.78 is 15.9. The normalized spacial score (nSPS) is 15.5. The largest absolute Gasteiger partial charge is 0.588 e. The van der Waals surface area contributed by atoms with Gasteiger partial charge in [0.05, 0.1) is 11.4 Å². The Labute approximate surface area is 194 Å². The highest BCUT2D eigenvalue weighted by molar-refractivity contribution is 7.93. The van der Waals surface area contributed by atoms with E-state index in [0.717, 1.165) is 30.7 Å². The van der Waals surface area contributed by atoms with Crippen LogP contribution in [0.5, 0.6) is 0 Å². The molecule has 0 radical (unpaired) electrons. The van der Waals surface area contributed by atoms with Gasteiger partial charge in [-0.3, -0.25) is 19.8 Å². The fraction of sp³-hybridized carbons (Fsp3) is 0.208. The number of pyridine rings is 1. The third-order valence-corrected chi connectivity index (χ3v) is 6.89. The number of carbonyl (C=O) groups excluding carboxylic acids is 1. The molecule has 33 heavy (non-hydrogen) atoms. The summed E-state index contributed by atoms with van der Waals surface area (Å²) in [6, 6.07) is 18.5. The number of benzene rings is 2. The fourth-order valence-electron chi connectivity index (χ4n) is 3.97. The summed E-state index contributed by atoms with van der Waals surface area (Å²) >= 11 is -1.47. The minimum absolute atomic E-state index is 0.0142. The van der Waals surface area contributed by atoms with E-state index < -0.39 is 11.4 Å². The van der Waals surface area contributed by atoms with Crippen LogP contribution in [0, 0.1) is 0 Å². The predicted molar refractivity (Wildman–Crippen MR) is 128 cm³/mol. The quantitative estimate of drug-likeness (QED) is 0.429. The van der Waals surface area contributed by atoms with Gasteiger partial charge >= 0.3 is 0 Å². The number of rotatable bonds is 6. The van der Waals surface area contributed by atoms with Crippen LogP contribution in [0.3, 0.4) is 0 Å². The SMILES string of the molecule is O=C(c1ccc(N[S+]([O-])c2cccc3cccnc23)cc1)N1CCN(Cc2cc[nH]n2)CC1. The number of nitrogens with one attached hydrogen (secondary N) is 2. The van der Waals surface area contributed by atoms with E-state index in [1.807, 2.05) is 47.5 Å². The lowest BCUT2D eigenvalue weighted by molar-refractivity contribution is 0.0627. The number of nitrogens with zero attached hydrogens (tertiary/aromatic N) is 4. The van der Waals surface area contributed by atoms with Gasteiger partial charge < -0.3 is 9.45 Å². The van der Waals surface area contributed by atoms with E-state index in [1.165, 1.54) is 0 Å². The van der Waals surface area contributed by atoms with Crippen LogP contribution in [-0.4, -0.2) is 61.6 Å². The van der Waals surface area contributed by atoms with Crippen LogP contribution in [0.15, 0.2) is 78.0 Å². The molecule has 2 N–H and O–H groups in total. The van der Waals surface area contributed by atoms with Gasteiger partial charge in [-0.05, 0) is 42.5 Å². The molecule has 1 aliphatic rings. The summed E-state index contributed by atoms with van der Waals surface area (Å²) in [6.07, 6.45) is 3.52. The first-order chi connectivity index (χ1) is 16.2. The van der Waals surface area contributed by atoms with E-state index in [9.17, 15) is 9.35 Å². The van der Waals surface area contributed by atoms with Crippen molar-refractivity contribution in [2.75, 3.05) is 30.9 Å². The molecule has 1 saturated heterocycles. The Morgan fingerprint density at radius 2 is 1.82 bits per heavy atom. The van der Waals surface area contributed by atoms with Gasteiger partial charge in [0.2, 0.25) is 4.90 Å². The third-order valence-electron chi connectivity index (χ3n) is 5.74. The number of aromatic nitrogens is 3. The van der Waals surface area contributed by atoms with Gasteiger partial charge in [0, 0.05) is 56.1 Å². The summed E-state index contributed by atoms with van der Waals surface area (Å²) in [6.45, 7) is 3.78. The third kappa shape index (κ3) is 4.85. The maximum Gasteiger partial charge on any atom is 0.253 e. The van der Waals surface area contributed by atoms with Crippen LogP contribution in [0.4, 0.5) is 5.69 Å². The second-order valence-corrected chi connectivity index (χ2v) is 9.09. The number of piperazine rings is 1. The van der Waals surface area contributed by atoms with E-state index in [1.54, 1.807) is 30.5 Å². The van der Waals surface area contributed by atoms with E-state index in [-0.39, 0.29) is 5.91 Å². The molecule has 9 heteroatoms. The van der Waals surface area contributed by atoms with Crippen molar-refractivity contribution >= 4 is 33.9 Å². The average molecular weight is 461 g/mol. The van der Waals surface area contributed by atoms with Gasteiger partial charge in [0.1, 0.15) is 16.9 Å². The molecule has 1 fully saturated rings. The van der Waals surface area contributed by atoms with Crippen molar-refractivity contribution in [2.45, 2.75) is 11.4 Å². The van der Waals surface area contributed by atoms with Gasteiger partial charge in [0.25, 0.3) is 5.91 Å². The lowest BCUT2D eigenvalue weighted by atomic mass is 10.1. The molecule has 4 aromatic rings. The Hall–Kier alpha value is -3.40. The summed E-state index contributed by atoms with van der Waals surface area (Å²) in [7, 11) is 0. The van der Waals surface area contributed by atoms with Crippen molar-refractivity contribution in [1.29, 1.82) is 0 Å². The highest BCUT2D eigenvalue weighted by Crippen LogP contribution is 2.23. The highest BCUT2D eigenvalue weighted by Gasteiger charge is 2.23. The number of H-pyrrole nitrogens is 1. The molecule has 0 aliphatic carbocycles. The van der Waals surface area contributed by atoms with Gasteiger partial charge in [0.15, 0.2) is 0 Å². The summed E-state index contributed by atoms with van der Waals surface area (Å²) in [4.78, 5) is 22.1. The molecular formula is C24H24N6O2S. The van der Waals surface area contributed by atoms with Crippen molar-refractivity contribution in [2.24, 2.45) is 0 Å². The predicted octanol–water partition coefficient (Wildman–Crippen LogP) is 3.05. The second-order valence-electron chi connectivity index (χ2n) is 7.91. The average Bonchev–Trinajstić information content (AvgIpc) is 3.37. The Kier molecular flexibility index (Phi) is 6.25. The molecule has 3 heterocycles. The number of carbonyl (C=O) groups is 1. The van der Waals surface area contributed by atoms with Crippen molar-refractivity contribution in [3.63, 3.8) is 0 Å². The van der Waals surface area contributed by atoms with Crippen LogP contribution in [0.25, 0.3) is 10.9 Å². The molecular weight excluding hydrogens is 436 g/mol. The molecule has 1 amide bonds. The van der Waals surface area contributed by atoms with Crippen LogP contribution >= 0.6 is 0 Å². The Bertz CT molecular complexity index is 1220. The van der Waals surface area contributed by atoms with Gasteiger partial charge in [-0.25, -0.2) is 4.72 Å². The molecule has 1 aliphatic heterocycles. The lowest BCUT2D eigenvalue weighted by Crippen LogP contribution is -2.48. The van der Waals surface area contributed by atoms with Crippen LogP contribution in [0.2, 0.25) is 0 Å². The van der Waals surface area contributed by atoms with Gasteiger partial charge in [-0.1, -0.05) is 18.2 Å². The summed E-state index contributed by atoms with van der Waals surface area (Å²) in [5.41, 5.74) is 3.03. The number of fused-ring (bicyclic) bond motifs is 1.